The van der Waals surface area contributed by atoms with E-state index < -0.39 is 0 Å². The van der Waals surface area contributed by atoms with Crippen molar-refractivity contribution in [1.29, 1.82) is 0 Å². The van der Waals surface area contributed by atoms with Crippen LogP contribution in [0.25, 0.3) is 0 Å². The maximum absolute atomic E-state index is 3.74. The Morgan fingerprint density at radius 3 is 3.18 bits per heavy atom. The Morgan fingerprint density at radius 2 is 2.35 bits per heavy atom. The van der Waals surface area contributed by atoms with Crippen LogP contribution in [0.5, 0.6) is 0 Å². The molecule has 1 aliphatic rings. The van der Waals surface area contributed by atoms with Crippen molar-refractivity contribution in [3.05, 3.63) is 34.5 Å². The van der Waals surface area contributed by atoms with E-state index in [0.29, 0.717) is 12.1 Å². The fraction of sp³-hybridized carbons (Fsp3) is 0.600. The first kappa shape index (κ1) is 12.8. The van der Waals surface area contributed by atoms with E-state index in [4.69, 9.17) is 0 Å². The zero-order valence-corrected chi connectivity index (χ0v) is 11.5. The highest BCUT2D eigenvalue weighted by Crippen LogP contribution is 2.14. The van der Waals surface area contributed by atoms with Crippen LogP contribution in [-0.2, 0) is 6.42 Å². The van der Waals surface area contributed by atoms with Gasteiger partial charge in [0.25, 0.3) is 0 Å². The molecule has 0 aromatic carbocycles. The number of nitrogens with one attached hydrogen (secondary N) is 1. The average Bonchev–Trinajstić information content (AvgIpc) is 2.74. The van der Waals surface area contributed by atoms with E-state index in [1.54, 1.807) is 0 Å². The summed E-state index contributed by atoms with van der Waals surface area (Å²) in [5, 5.41) is 5.91. The summed E-state index contributed by atoms with van der Waals surface area (Å²) in [6.45, 7) is 2.30. The van der Waals surface area contributed by atoms with E-state index >= 15 is 0 Å². The van der Waals surface area contributed by atoms with Crippen molar-refractivity contribution in [3.8, 4) is 0 Å². The number of hydrogen-bond donors (Lipinski definition) is 1. The molecule has 2 unspecified atom stereocenters. The normalized spacial score (nSPS) is 24.9. The van der Waals surface area contributed by atoms with Gasteiger partial charge in [0.2, 0.25) is 0 Å². The Kier molecular flexibility index (Phi) is 5.27. The molecule has 1 aliphatic carbocycles. The van der Waals surface area contributed by atoms with E-state index in [1.165, 1.54) is 37.0 Å². The number of rotatable bonds is 4. The quantitative estimate of drug-likeness (QED) is 0.790. The number of hydrogen-bond acceptors (Lipinski definition) is 2. The highest BCUT2D eigenvalue weighted by Gasteiger charge is 2.11. The molecule has 0 radical (unpaired) electrons. The van der Waals surface area contributed by atoms with Gasteiger partial charge in [-0.25, -0.2) is 0 Å². The molecule has 0 aliphatic heterocycles. The monoisotopic (exact) mass is 249 g/mol. The van der Waals surface area contributed by atoms with Crippen LogP contribution in [0.4, 0.5) is 0 Å². The van der Waals surface area contributed by atoms with Gasteiger partial charge in [-0.15, -0.1) is 11.3 Å². The van der Waals surface area contributed by atoms with Crippen LogP contribution in [-0.4, -0.2) is 12.1 Å². The molecular weight excluding hydrogens is 226 g/mol. The lowest BCUT2D eigenvalue weighted by Crippen LogP contribution is -2.36. The molecule has 1 N–H and O–H groups in total. The lowest BCUT2D eigenvalue weighted by Gasteiger charge is -2.21. The largest absolute Gasteiger partial charge is 0.308 e. The van der Waals surface area contributed by atoms with Gasteiger partial charge in [0.05, 0.1) is 0 Å². The van der Waals surface area contributed by atoms with Crippen molar-refractivity contribution in [2.75, 3.05) is 0 Å². The molecular formula is C15H23NS. The minimum Gasteiger partial charge on any atom is -0.308 e. The summed E-state index contributed by atoms with van der Waals surface area (Å²) in [6, 6.07) is 5.53. The van der Waals surface area contributed by atoms with Gasteiger partial charge in [0.1, 0.15) is 0 Å². The maximum atomic E-state index is 3.74. The van der Waals surface area contributed by atoms with Crippen molar-refractivity contribution in [1.82, 2.24) is 5.32 Å². The van der Waals surface area contributed by atoms with Crippen molar-refractivity contribution < 1.29 is 0 Å². The summed E-state index contributed by atoms with van der Waals surface area (Å²) in [6.07, 6.45) is 12.6. The Hall–Kier alpha value is -0.600. The molecule has 0 saturated carbocycles. The van der Waals surface area contributed by atoms with Crippen LogP contribution in [0.15, 0.2) is 29.7 Å². The molecule has 94 valence electrons. The van der Waals surface area contributed by atoms with Crippen LogP contribution < -0.4 is 5.32 Å². The Labute approximate surface area is 109 Å². The zero-order chi connectivity index (χ0) is 11.9. The van der Waals surface area contributed by atoms with Crippen LogP contribution in [0, 0.1) is 0 Å². The molecule has 1 aromatic rings. The predicted molar refractivity (Wildman–Crippen MR) is 76.6 cm³/mol. The van der Waals surface area contributed by atoms with Gasteiger partial charge in [-0.05, 0) is 44.1 Å². The summed E-state index contributed by atoms with van der Waals surface area (Å²) in [5.74, 6) is 0. The van der Waals surface area contributed by atoms with Crippen molar-refractivity contribution in [3.63, 3.8) is 0 Å². The third-order valence-corrected chi connectivity index (χ3v) is 4.24. The number of thiophene rings is 1. The molecule has 2 atom stereocenters. The smallest absolute Gasteiger partial charge is 0.0252 e. The van der Waals surface area contributed by atoms with Gasteiger partial charge in [-0.3, -0.25) is 0 Å². The summed E-state index contributed by atoms with van der Waals surface area (Å²) < 4.78 is 0. The summed E-state index contributed by atoms with van der Waals surface area (Å²) in [7, 11) is 0. The first-order chi connectivity index (χ1) is 8.34. The van der Waals surface area contributed by atoms with Crippen molar-refractivity contribution in [2.24, 2.45) is 0 Å². The SMILES string of the molecule is CC(Cc1cccs1)NC1/C=C/CCCCC1. The number of allylic oxidation sites excluding steroid dienone is 1. The first-order valence-corrected chi connectivity index (χ1v) is 7.67. The van der Waals surface area contributed by atoms with Gasteiger partial charge in [-0.2, -0.15) is 0 Å². The van der Waals surface area contributed by atoms with E-state index in [0.717, 1.165) is 6.42 Å². The molecule has 1 nitrogen and oxygen atoms in total. The molecule has 0 fully saturated rings. The highest BCUT2D eigenvalue weighted by atomic mass is 32.1. The average molecular weight is 249 g/mol. The first-order valence-electron chi connectivity index (χ1n) is 6.79. The second kappa shape index (κ2) is 6.97. The van der Waals surface area contributed by atoms with E-state index in [-0.39, 0.29) is 0 Å². The second-order valence-electron chi connectivity index (χ2n) is 5.02. The van der Waals surface area contributed by atoms with Gasteiger partial charge in [-0.1, -0.05) is 31.1 Å². The van der Waals surface area contributed by atoms with Crippen LogP contribution >= 0.6 is 11.3 Å². The fourth-order valence-corrected chi connectivity index (χ4v) is 3.29. The van der Waals surface area contributed by atoms with E-state index in [1.807, 2.05) is 11.3 Å². The molecule has 0 spiro atoms. The second-order valence-corrected chi connectivity index (χ2v) is 6.06. The predicted octanol–water partition coefficient (Wildman–Crippen LogP) is 4.16. The zero-order valence-electron chi connectivity index (χ0n) is 10.7. The Morgan fingerprint density at radius 1 is 1.41 bits per heavy atom. The van der Waals surface area contributed by atoms with Crippen molar-refractivity contribution in [2.45, 2.75) is 57.5 Å². The van der Waals surface area contributed by atoms with Gasteiger partial charge in [0, 0.05) is 17.0 Å². The van der Waals surface area contributed by atoms with Crippen LogP contribution in [0.1, 0.15) is 43.9 Å². The standard InChI is InChI=1S/C15H23NS/c1-13(12-15-10-7-11-17-15)16-14-8-5-3-2-4-6-9-14/h5,7-8,10-11,13-14,16H,2-4,6,9,12H2,1H3/b8-5+. The topological polar surface area (TPSA) is 12.0 Å². The van der Waals surface area contributed by atoms with E-state index in [9.17, 15) is 0 Å². The maximum Gasteiger partial charge on any atom is 0.0252 e. The van der Waals surface area contributed by atoms with Gasteiger partial charge < -0.3 is 5.32 Å². The van der Waals surface area contributed by atoms with E-state index in [2.05, 4.69) is 41.9 Å². The molecule has 17 heavy (non-hydrogen) atoms. The summed E-state index contributed by atoms with van der Waals surface area (Å²) in [5.41, 5.74) is 0. The Bertz CT molecular complexity index is 329. The van der Waals surface area contributed by atoms with Gasteiger partial charge >= 0.3 is 0 Å². The molecule has 0 bridgehead atoms. The lowest BCUT2D eigenvalue weighted by atomic mass is 10.0. The molecule has 2 rings (SSSR count). The van der Waals surface area contributed by atoms with Crippen molar-refractivity contribution >= 4 is 11.3 Å². The lowest BCUT2D eigenvalue weighted by molar-refractivity contribution is 0.452. The molecule has 1 aromatic heterocycles. The third-order valence-electron chi connectivity index (χ3n) is 3.34. The Balaban J connectivity index is 1.80. The van der Waals surface area contributed by atoms with Crippen LogP contribution in [0.2, 0.25) is 0 Å². The minimum absolute atomic E-state index is 0.572. The minimum atomic E-state index is 0.572. The third kappa shape index (κ3) is 4.64. The molecule has 2 heteroatoms. The fourth-order valence-electron chi connectivity index (χ4n) is 2.45. The molecule has 0 amide bonds. The summed E-state index contributed by atoms with van der Waals surface area (Å²) >= 11 is 1.86. The summed E-state index contributed by atoms with van der Waals surface area (Å²) in [4.78, 5) is 1.49. The highest BCUT2D eigenvalue weighted by molar-refractivity contribution is 7.09. The van der Waals surface area contributed by atoms with Crippen LogP contribution in [0.3, 0.4) is 0 Å². The molecule has 0 saturated heterocycles. The molecule has 1 heterocycles. The van der Waals surface area contributed by atoms with Gasteiger partial charge in [0.15, 0.2) is 0 Å².